The van der Waals surface area contributed by atoms with Crippen LogP contribution in [0.4, 0.5) is 5.69 Å². The van der Waals surface area contributed by atoms with Crippen LogP contribution in [0.5, 0.6) is 5.75 Å². The van der Waals surface area contributed by atoms with Gasteiger partial charge in [0, 0.05) is 44.1 Å². The van der Waals surface area contributed by atoms with E-state index in [1.165, 1.54) is 5.69 Å². The second kappa shape index (κ2) is 6.79. The van der Waals surface area contributed by atoms with Gasteiger partial charge in [0.25, 0.3) is 0 Å². The fourth-order valence-corrected chi connectivity index (χ4v) is 2.97. The summed E-state index contributed by atoms with van der Waals surface area (Å²) in [7, 11) is 1.70. The van der Waals surface area contributed by atoms with Crippen molar-refractivity contribution < 1.29 is 4.74 Å². The molecular formula is C18H23N3O. The number of ether oxygens (including phenoxy) is 1. The highest BCUT2D eigenvalue weighted by Gasteiger charge is 2.22. The van der Waals surface area contributed by atoms with Crippen LogP contribution in [0, 0.1) is 0 Å². The van der Waals surface area contributed by atoms with Gasteiger partial charge < -0.3 is 9.64 Å². The van der Waals surface area contributed by atoms with Crippen LogP contribution in [-0.2, 0) is 0 Å². The molecule has 1 atom stereocenters. The zero-order valence-corrected chi connectivity index (χ0v) is 13.3. The number of aromatic nitrogens is 1. The van der Waals surface area contributed by atoms with Crippen LogP contribution >= 0.6 is 0 Å². The van der Waals surface area contributed by atoms with E-state index in [2.05, 4.69) is 46.0 Å². The van der Waals surface area contributed by atoms with Crippen LogP contribution in [0.15, 0.2) is 48.7 Å². The number of rotatable bonds is 4. The summed E-state index contributed by atoms with van der Waals surface area (Å²) in [6.45, 7) is 6.45. The molecule has 1 aliphatic rings. The molecule has 0 aliphatic carbocycles. The van der Waals surface area contributed by atoms with Crippen LogP contribution < -0.4 is 9.64 Å². The Labute approximate surface area is 132 Å². The molecule has 1 aliphatic heterocycles. The van der Waals surface area contributed by atoms with Crippen LogP contribution in [0.25, 0.3) is 0 Å². The lowest BCUT2D eigenvalue weighted by Gasteiger charge is -2.39. The second-order valence-electron chi connectivity index (χ2n) is 5.65. The molecule has 1 aromatic carbocycles. The minimum atomic E-state index is 0.374. The number of hydrogen-bond donors (Lipinski definition) is 0. The lowest BCUT2D eigenvalue weighted by atomic mass is 10.1. The average Bonchev–Trinajstić information content (AvgIpc) is 2.62. The summed E-state index contributed by atoms with van der Waals surface area (Å²) >= 11 is 0. The molecule has 4 heteroatoms. The Hall–Kier alpha value is -2.07. The Morgan fingerprint density at radius 2 is 1.73 bits per heavy atom. The Morgan fingerprint density at radius 1 is 1.00 bits per heavy atom. The normalized spacial score (nSPS) is 17.3. The van der Waals surface area contributed by atoms with Crippen LogP contribution in [0.2, 0.25) is 0 Å². The summed E-state index contributed by atoms with van der Waals surface area (Å²) in [5.41, 5.74) is 2.42. The van der Waals surface area contributed by atoms with E-state index >= 15 is 0 Å². The predicted molar refractivity (Wildman–Crippen MR) is 89.4 cm³/mol. The molecule has 116 valence electrons. The molecule has 0 saturated carbocycles. The van der Waals surface area contributed by atoms with Gasteiger partial charge in [-0.25, -0.2) is 0 Å². The third-order valence-corrected chi connectivity index (χ3v) is 4.42. The van der Waals surface area contributed by atoms with Gasteiger partial charge in [0.15, 0.2) is 0 Å². The van der Waals surface area contributed by atoms with E-state index in [4.69, 9.17) is 4.74 Å². The summed E-state index contributed by atoms with van der Waals surface area (Å²) < 4.78 is 5.22. The molecule has 2 heterocycles. The first-order valence-electron chi connectivity index (χ1n) is 7.82. The van der Waals surface area contributed by atoms with Gasteiger partial charge in [0.05, 0.1) is 12.8 Å². The molecule has 4 nitrogen and oxygen atoms in total. The lowest BCUT2D eigenvalue weighted by Crippen LogP contribution is -2.47. The number of methoxy groups -OCH3 is 1. The van der Waals surface area contributed by atoms with E-state index < -0.39 is 0 Å². The molecule has 0 N–H and O–H groups in total. The highest BCUT2D eigenvalue weighted by atomic mass is 16.5. The van der Waals surface area contributed by atoms with Crippen molar-refractivity contribution in [1.82, 2.24) is 9.88 Å². The van der Waals surface area contributed by atoms with Crippen molar-refractivity contribution in [3.63, 3.8) is 0 Å². The monoisotopic (exact) mass is 297 g/mol. The first-order valence-corrected chi connectivity index (χ1v) is 7.82. The van der Waals surface area contributed by atoms with E-state index in [1.54, 1.807) is 7.11 Å². The maximum absolute atomic E-state index is 5.22. The third kappa shape index (κ3) is 3.22. The molecule has 1 fully saturated rings. The number of piperazine rings is 1. The van der Waals surface area contributed by atoms with Crippen molar-refractivity contribution in [1.29, 1.82) is 0 Å². The Morgan fingerprint density at radius 3 is 2.32 bits per heavy atom. The van der Waals surface area contributed by atoms with Crippen LogP contribution in [-0.4, -0.2) is 43.2 Å². The highest BCUT2D eigenvalue weighted by Crippen LogP contribution is 2.24. The van der Waals surface area contributed by atoms with Gasteiger partial charge in [-0.3, -0.25) is 9.88 Å². The summed E-state index contributed by atoms with van der Waals surface area (Å²) in [6, 6.07) is 14.8. The Bertz CT molecular complexity index is 577. The van der Waals surface area contributed by atoms with E-state index in [1.807, 2.05) is 24.4 Å². The summed E-state index contributed by atoms with van der Waals surface area (Å²) in [5, 5.41) is 0. The SMILES string of the molecule is COc1ccc(N2CCN(C(C)c3ccccn3)CC2)cc1. The highest BCUT2D eigenvalue weighted by molar-refractivity contribution is 5.49. The van der Waals surface area contributed by atoms with Gasteiger partial charge in [0.1, 0.15) is 5.75 Å². The number of hydrogen-bond acceptors (Lipinski definition) is 4. The summed E-state index contributed by atoms with van der Waals surface area (Å²) in [4.78, 5) is 9.41. The van der Waals surface area contributed by atoms with Gasteiger partial charge in [-0.2, -0.15) is 0 Å². The Balaban J connectivity index is 1.60. The maximum atomic E-state index is 5.22. The molecule has 1 unspecified atom stereocenters. The van der Waals surface area contributed by atoms with Crippen molar-refractivity contribution in [3.8, 4) is 5.75 Å². The molecule has 22 heavy (non-hydrogen) atoms. The number of benzene rings is 1. The smallest absolute Gasteiger partial charge is 0.119 e. The summed E-state index contributed by atoms with van der Waals surface area (Å²) in [6.07, 6.45) is 1.87. The lowest BCUT2D eigenvalue weighted by molar-refractivity contribution is 0.195. The van der Waals surface area contributed by atoms with Gasteiger partial charge in [0.2, 0.25) is 0 Å². The quantitative estimate of drug-likeness (QED) is 0.867. The molecule has 1 aromatic heterocycles. The minimum Gasteiger partial charge on any atom is -0.497 e. The van der Waals surface area contributed by atoms with Gasteiger partial charge in [-0.1, -0.05) is 6.07 Å². The van der Waals surface area contributed by atoms with E-state index in [-0.39, 0.29) is 0 Å². The molecule has 0 bridgehead atoms. The van der Waals surface area contributed by atoms with E-state index in [0.29, 0.717) is 6.04 Å². The van der Waals surface area contributed by atoms with E-state index in [0.717, 1.165) is 37.6 Å². The second-order valence-corrected chi connectivity index (χ2v) is 5.65. The number of nitrogens with zero attached hydrogens (tertiary/aromatic N) is 3. The zero-order chi connectivity index (χ0) is 15.4. The average molecular weight is 297 g/mol. The molecule has 0 radical (unpaired) electrons. The van der Waals surface area contributed by atoms with Crippen molar-refractivity contribution in [2.45, 2.75) is 13.0 Å². The van der Waals surface area contributed by atoms with Crippen molar-refractivity contribution in [2.75, 3.05) is 38.2 Å². The van der Waals surface area contributed by atoms with E-state index in [9.17, 15) is 0 Å². The molecule has 0 spiro atoms. The van der Waals surface area contributed by atoms with Gasteiger partial charge in [-0.05, 0) is 43.3 Å². The topological polar surface area (TPSA) is 28.6 Å². The minimum absolute atomic E-state index is 0.374. The summed E-state index contributed by atoms with van der Waals surface area (Å²) in [5.74, 6) is 0.908. The fourth-order valence-electron chi connectivity index (χ4n) is 2.97. The first kappa shape index (κ1) is 14.9. The molecule has 2 aromatic rings. The van der Waals surface area contributed by atoms with Crippen LogP contribution in [0.3, 0.4) is 0 Å². The molecule has 3 rings (SSSR count). The van der Waals surface area contributed by atoms with Crippen molar-refractivity contribution in [3.05, 3.63) is 54.4 Å². The van der Waals surface area contributed by atoms with Crippen LogP contribution in [0.1, 0.15) is 18.7 Å². The molecular weight excluding hydrogens is 274 g/mol. The third-order valence-electron chi connectivity index (χ3n) is 4.42. The van der Waals surface area contributed by atoms with Gasteiger partial charge in [-0.15, -0.1) is 0 Å². The predicted octanol–water partition coefficient (Wildman–Crippen LogP) is 2.97. The number of anilines is 1. The molecule has 1 saturated heterocycles. The number of pyridine rings is 1. The standard InChI is InChI=1S/C18H23N3O/c1-15(18-5-3-4-10-19-18)20-11-13-21(14-12-20)16-6-8-17(22-2)9-7-16/h3-10,15H,11-14H2,1-2H3. The first-order chi connectivity index (χ1) is 10.8. The fraction of sp³-hybridized carbons (Fsp3) is 0.389. The van der Waals surface area contributed by atoms with Gasteiger partial charge >= 0.3 is 0 Å². The van der Waals surface area contributed by atoms with Crippen molar-refractivity contribution >= 4 is 5.69 Å². The van der Waals surface area contributed by atoms with Crippen molar-refractivity contribution in [2.24, 2.45) is 0 Å². The molecule has 0 amide bonds. The largest absolute Gasteiger partial charge is 0.497 e. The Kier molecular flexibility index (Phi) is 4.59. The zero-order valence-electron chi connectivity index (χ0n) is 13.3. The maximum Gasteiger partial charge on any atom is 0.119 e.